The van der Waals surface area contributed by atoms with Crippen molar-refractivity contribution in [3.8, 4) is 6.07 Å². The summed E-state index contributed by atoms with van der Waals surface area (Å²) in [6.07, 6.45) is 1.76. The molecule has 0 saturated carbocycles. The largest absolute Gasteiger partial charge is 1.00 e. The van der Waals surface area contributed by atoms with Crippen molar-refractivity contribution < 1.29 is 56.2 Å². The van der Waals surface area contributed by atoms with Gasteiger partial charge in [0, 0.05) is 12.1 Å². The first-order valence-corrected chi connectivity index (χ1v) is 4.80. The second-order valence-electron chi connectivity index (χ2n) is 3.37. The summed E-state index contributed by atoms with van der Waals surface area (Å²) in [6, 6.07) is 7.98. The van der Waals surface area contributed by atoms with Crippen LogP contribution in [0.2, 0.25) is 0 Å². The summed E-state index contributed by atoms with van der Waals surface area (Å²) in [5.41, 5.74) is 3.09. The van der Waals surface area contributed by atoms with Crippen molar-refractivity contribution in [3.63, 3.8) is 0 Å². The number of aryl methyl sites for hydroxylation is 1. The maximum absolute atomic E-state index is 11.1. The van der Waals surface area contributed by atoms with Gasteiger partial charge >= 0.3 is 51.4 Å². The second kappa shape index (κ2) is 8.40. The van der Waals surface area contributed by atoms with Crippen molar-refractivity contribution in [1.29, 1.82) is 10.5 Å². The second-order valence-corrected chi connectivity index (χ2v) is 3.37. The first-order valence-electron chi connectivity index (χ1n) is 4.80. The van der Waals surface area contributed by atoms with Crippen LogP contribution < -0.4 is 56.7 Å². The van der Waals surface area contributed by atoms with E-state index in [4.69, 9.17) is 17.1 Å². The van der Waals surface area contributed by atoms with E-state index in [0.717, 1.165) is 23.2 Å². The molecule has 1 amide bonds. The molecule has 0 atom stereocenters. The molecule has 1 aliphatic rings. The van der Waals surface area contributed by atoms with Crippen molar-refractivity contribution in [2.75, 3.05) is 5.32 Å². The van der Waals surface area contributed by atoms with E-state index in [0.29, 0.717) is 12.8 Å². The number of carbonyl (C=O) groups excluding carboxylic acids is 1. The molecule has 1 aromatic rings. The van der Waals surface area contributed by atoms with Gasteiger partial charge in [0.2, 0.25) is 5.91 Å². The molecule has 1 aromatic carbocycles. The van der Waals surface area contributed by atoms with Crippen molar-refractivity contribution in [2.45, 2.75) is 19.3 Å². The minimum Gasteiger partial charge on any atom is -0.512 e. The van der Waals surface area contributed by atoms with Gasteiger partial charge in [-0.05, 0) is 23.6 Å². The Labute approximate surface area is 143 Å². The quantitative estimate of drug-likeness (QED) is 0.526. The molecule has 0 aliphatic carbocycles. The molecule has 5 heteroatoms. The van der Waals surface area contributed by atoms with Gasteiger partial charge < -0.3 is 17.2 Å². The number of carbonyl (C=O) groups is 1. The molecule has 2 rings (SSSR count). The Morgan fingerprint density at radius 2 is 2.12 bits per heavy atom. The van der Waals surface area contributed by atoms with Crippen LogP contribution >= 0.6 is 0 Å². The molecule has 0 radical (unpaired) electrons. The number of fused-ring (bicyclic) bond motifs is 1. The van der Waals surface area contributed by atoms with Crippen molar-refractivity contribution in [3.05, 3.63) is 35.9 Å². The summed E-state index contributed by atoms with van der Waals surface area (Å²) in [4.78, 5) is 11.1. The fourth-order valence-corrected chi connectivity index (χ4v) is 1.64. The average molecular weight is 251 g/mol. The molecule has 1 N–H and O–H groups in total. The van der Waals surface area contributed by atoms with E-state index in [9.17, 15) is 4.79 Å². The Hall–Kier alpha value is -0.694. The minimum absolute atomic E-state index is 0. The third-order valence-electron chi connectivity index (χ3n) is 2.32. The zero-order valence-electron chi connectivity index (χ0n) is 9.66. The zero-order chi connectivity index (χ0) is 12.0. The summed E-state index contributed by atoms with van der Waals surface area (Å²) < 4.78 is 0. The number of hydrogen-bond donors (Lipinski definition) is 1. The molecule has 0 fully saturated rings. The van der Waals surface area contributed by atoms with Gasteiger partial charge in [-0.2, -0.15) is 5.26 Å². The van der Waals surface area contributed by atoms with E-state index in [1.807, 2.05) is 18.2 Å². The van der Waals surface area contributed by atoms with Crippen molar-refractivity contribution in [1.82, 2.24) is 0 Å². The van der Waals surface area contributed by atoms with Crippen LogP contribution in [-0.2, 0) is 17.6 Å². The fraction of sp³-hybridized carbons (Fsp3) is 0.250. The smallest absolute Gasteiger partial charge is 0.512 e. The first kappa shape index (κ1) is 16.3. The number of amides is 1. The van der Waals surface area contributed by atoms with Crippen LogP contribution in [0, 0.1) is 23.2 Å². The Morgan fingerprint density at radius 3 is 2.76 bits per heavy atom. The number of rotatable bonds is 2. The number of nitrogens with one attached hydrogen (secondary N) is 1. The van der Waals surface area contributed by atoms with Gasteiger partial charge in [0.1, 0.15) is 0 Å². The molecule has 4 nitrogen and oxygen atoms in total. The monoisotopic (exact) mass is 251 g/mol. The number of anilines is 1. The fourth-order valence-electron chi connectivity index (χ4n) is 1.64. The van der Waals surface area contributed by atoms with Gasteiger partial charge in [-0.15, -0.1) is 0 Å². The Morgan fingerprint density at radius 1 is 1.41 bits per heavy atom. The van der Waals surface area contributed by atoms with Crippen LogP contribution in [0.4, 0.5) is 5.69 Å². The molecule has 0 aromatic heterocycles. The molecule has 1 aliphatic heterocycles. The Bertz CT molecular complexity index is 463. The van der Waals surface area contributed by atoms with Gasteiger partial charge in [-0.3, -0.25) is 4.79 Å². The van der Waals surface area contributed by atoms with E-state index in [1.54, 1.807) is 0 Å². The maximum atomic E-state index is 11.1. The number of benzene rings is 1. The summed E-state index contributed by atoms with van der Waals surface area (Å²) in [5, 5.41) is 17.5. The van der Waals surface area contributed by atoms with E-state index in [1.165, 1.54) is 0 Å². The minimum atomic E-state index is 0. The summed E-state index contributed by atoms with van der Waals surface area (Å²) >= 11 is 0. The number of nitrogens with zero attached hydrogens (tertiary/aromatic N) is 2. The Kier molecular flexibility index (Phi) is 8.06. The molecular formula is C12H10KN3O. The summed E-state index contributed by atoms with van der Waals surface area (Å²) in [6.45, 7) is 4.75. The average Bonchev–Trinajstić information content (AvgIpc) is 2.68. The van der Waals surface area contributed by atoms with Gasteiger partial charge in [-0.25, -0.2) is 0 Å². The van der Waals surface area contributed by atoms with Crippen LogP contribution in [0.5, 0.6) is 0 Å². The van der Waals surface area contributed by atoms with Crippen molar-refractivity contribution in [2.24, 2.45) is 0 Å². The maximum Gasteiger partial charge on any atom is 1.00 e. The van der Waals surface area contributed by atoms with Crippen LogP contribution in [0.1, 0.15) is 17.5 Å². The molecule has 0 unspecified atom stereocenters. The topological polar surface area (TPSA) is 76.7 Å². The molecule has 1 heterocycles. The van der Waals surface area contributed by atoms with E-state index >= 15 is 0 Å². The predicted molar refractivity (Wildman–Crippen MR) is 57.7 cm³/mol. The van der Waals surface area contributed by atoms with Gasteiger partial charge in [0.05, 0.1) is 12.5 Å². The SMILES string of the molecule is N#CCCc1ccc2c(c1)CC(=O)N2.[C-]#N.[K+]. The standard InChI is InChI=1S/C11H10N2O.CN.K/c12-5-1-2-8-3-4-10-9(6-8)7-11(14)13-10;1-2;/h3-4,6H,1-2,7H2,(H,13,14);;/q;-1;+1. The summed E-state index contributed by atoms with van der Waals surface area (Å²) in [7, 11) is 0. The molecular weight excluding hydrogens is 241 g/mol. The summed E-state index contributed by atoms with van der Waals surface area (Å²) in [5.74, 6) is 0.0532. The molecule has 0 spiro atoms. The third kappa shape index (κ3) is 4.59. The number of nitriles is 1. The van der Waals surface area contributed by atoms with Crippen LogP contribution in [0.25, 0.3) is 0 Å². The normalized spacial score (nSPS) is 11.0. The predicted octanol–water partition coefficient (Wildman–Crippen LogP) is -1.26. The van der Waals surface area contributed by atoms with E-state index < -0.39 is 0 Å². The van der Waals surface area contributed by atoms with Crippen LogP contribution in [0.15, 0.2) is 18.2 Å². The van der Waals surface area contributed by atoms with Crippen LogP contribution in [-0.4, -0.2) is 5.91 Å². The van der Waals surface area contributed by atoms with Gasteiger partial charge in [0.15, 0.2) is 0 Å². The molecule has 80 valence electrons. The van der Waals surface area contributed by atoms with E-state index in [2.05, 4.69) is 11.4 Å². The van der Waals surface area contributed by atoms with Crippen molar-refractivity contribution >= 4 is 11.6 Å². The third-order valence-corrected chi connectivity index (χ3v) is 2.32. The zero-order valence-corrected chi connectivity index (χ0v) is 12.8. The van der Waals surface area contributed by atoms with Gasteiger partial charge in [0.25, 0.3) is 0 Å². The molecule has 17 heavy (non-hydrogen) atoms. The molecule has 0 saturated heterocycles. The Balaban J connectivity index is 0.000000811. The number of hydrogen-bond acceptors (Lipinski definition) is 3. The van der Waals surface area contributed by atoms with Crippen LogP contribution in [0.3, 0.4) is 0 Å². The first-order chi connectivity index (χ1) is 7.79. The van der Waals surface area contributed by atoms with E-state index in [-0.39, 0.29) is 57.3 Å². The van der Waals surface area contributed by atoms with Gasteiger partial charge in [-0.1, -0.05) is 12.1 Å². The molecule has 0 bridgehead atoms.